The van der Waals surface area contributed by atoms with Crippen molar-refractivity contribution in [3.8, 4) is 0 Å². The maximum Gasteiger partial charge on any atom is 0.237 e. The number of carbonyl (C=O) groups excluding carboxylic acids is 1. The molecular formula is C11H22N2OS. The summed E-state index contributed by atoms with van der Waals surface area (Å²) in [4.78, 5) is 11.7. The lowest BCUT2D eigenvalue weighted by atomic mass is 10.1. The maximum atomic E-state index is 11.7. The standard InChI is InChI=1S/C11H22N2OS/c1-8-4-3-5-10(8)13-11(14)9(12)6-7-15-2/h8-10H,3-7,12H2,1-2H3,(H,13,14)/t8?,9-,10?/m0/s1. The highest BCUT2D eigenvalue weighted by Crippen LogP contribution is 2.24. The minimum Gasteiger partial charge on any atom is -0.352 e. The molecule has 3 N–H and O–H groups in total. The third kappa shape index (κ3) is 4.03. The van der Waals surface area contributed by atoms with Gasteiger partial charge in [-0.3, -0.25) is 4.79 Å². The van der Waals surface area contributed by atoms with Crippen LogP contribution in [0.25, 0.3) is 0 Å². The first-order valence-electron chi connectivity index (χ1n) is 5.70. The van der Waals surface area contributed by atoms with Gasteiger partial charge in [0.1, 0.15) is 0 Å². The fraction of sp³-hybridized carbons (Fsp3) is 0.909. The Bertz CT molecular complexity index is 211. The summed E-state index contributed by atoms with van der Waals surface area (Å²) in [7, 11) is 0. The summed E-state index contributed by atoms with van der Waals surface area (Å²) in [5.74, 6) is 1.60. The van der Waals surface area contributed by atoms with Crippen molar-refractivity contribution in [3.05, 3.63) is 0 Å². The van der Waals surface area contributed by atoms with Gasteiger partial charge in [0.15, 0.2) is 0 Å². The average molecular weight is 230 g/mol. The van der Waals surface area contributed by atoms with Crippen LogP contribution in [-0.4, -0.2) is 30.0 Å². The Morgan fingerprint density at radius 2 is 2.33 bits per heavy atom. The van der Waals surface area contributed by atoms with Crippen molar-refractivity contribution in [2.45, 2.75) is 44.7 Å². The topological polar surface area (TPSA) is 55.1 Å². The first kappa shape index (κ1) is 12.8. The highest BCUT2D eigenvalue weighted by atomic mass is 32.2. The molecule has 1 saturated carbocycles. The largest absolute Gasteiger partial charge is 0.352 e. The van der Waals surface area contributed by atoms with Crippen LogP contribution in [0.15, 0.2) is 0 Å². The van der Waals surface area contributed by atoms with Gasteiger partial charge in [0.2, 0.25) is 5.91 Å². The molecule has 0 bridgehead atoms. The van der Waals surface area contributed by atoms with E-state index in [1.807, 2.05) is 6.26 Å². The molecular weight excluding hydrogens is 208 g/mol. The van der Waals surface area contributed by atoms with Crippen LogP contribution in [0, 0.1) is 5.92 Å². The number of carbonyl (C=O) groups is 1. The number of nitrogens with one attached hydrogen (secondary N) is 1. The van der Waals surface area contributed by atoms with Crippen LogP contribution in [0.3, 0.4) is 0 Å². The van der Waals surface area contributed by atoms with Crippen molar-refractivity contribution >= 4 is 17.7 Å². The molecule has 88 valence electrons. The van der Waals surface area contributed by atoms with Gasteiger partial charge in [-0.05, 0) is 37.2 Å². The van der Waals surface area contributed by atoms with E-state index in [1.165, 1.54) is 12.8 Å². The molecule has 0 aliphatic heterocycles. The molecule has 0 aromatic carbocycles. The zero-order chi connectivity index (χ0) is 11.3. The Kier molecular flexibility index (Phi) is 5.47. The van der Waals surface area contributed by atoms with Gasteiger partial charge in [0.25, 0.3) is 0 Å². The van der Waals surface area contributed by atoms with Gasteiger partial charge < -0.3 is 11.1 Å². The van der Waals surface area contributed by atoms with Gasteiger partial charge >= 0.3 is 0 Å². The normalized spacial score (nSPS) is 27.7. The maximum absolute atomic E-state index is 11.7. The molecule has 4 heteroatoms. The van der Waals surface area contributed by atoms with Gasteiger partial charge in [-0.25, -0.2) is 0 Å². The fourth-order valence-electron chi connectivity index (χ4n) is 2.03. The predicted molar refractivity (Wildman–Crippen MR) is 65.9 cm³/mol. The SMILES string of the molecule is CSCC[C@H](N)C(=O)NC1CCCC1C. The second-order valence-electron chi connectivity index (χ2n) is 4.41. The summed E-state index contributed by atoms with van der Waals surface area (Å²) in [6.07, 6.45) is 6.37. The molecule has 3 atom stereocenters. The van der Waals surface area contributed by atoms with E-state index in [2.05, 4.69) is 12.2 Å². The molecule has 2 unspecified atom stereocenters. The summed E-state index contributed by atoms with van der Waals surface area (Å²) < 4.78 is 0. The van der Waals surface area contributed by atoms with Crippen LogP contribution in [0.1, 0.15) is 32.6 Å². The molecule has 1 fully saturated rings. The van der Waals surface area contributed by atoms with Crippen molar-refractivity contribution in [1.29, 1.82) is 0 Å². The summed E-state index contributed by atoms with van der Waals surface area (Å²) in [6.45, 7) is 2.20. The van der Waals surface area contributed by atoms with Crippen molar-refractivity contribution in [3.63, 3.8) is 0 Å². The third-order valence-electron chi connectivity index (χ3n) is 3.16. The summed E-state index contributed by atoms with van der Waals surface area (Å²) in [5, 5.41) is 3.06. The lowest BCUT2D eigenvalue weighted by Crippen LogP contribution is -2.46. The van der Waals surface area contributed by atoms with Gasteiger partial charge in [-0.2, -0.15) is 11.8 Å². The molecule has 0 aromatic rings. The van der Waals surface area contributed by atoms with Gasteiger partial charge in [-0.1, -0.05) is 13.3 Å². The molecule has 1 amide bonds. The van der Waals surface area contributed by atoms with Crippen molar-refractivity contribution in [2.24, 2.45) is 11.7 Å². The molecule has 1 aliphatic rings. The molecule has 1 rings (SSSR count). The number of hydrogen-bond acceptors (Lipinski definition) is 3. The highest BCUT2D eigenvalue weighted by molar-refractivity contribution is 7.98. The van der Waals surface area contributed by atoms with Crippen LogP contribution in [-0.2, 0) is 4.79 Å². The summed E-state index contributed by atoms with van der Waals surface area (Å²) in [5.41, 5.74) is 5.80. The number of amides is 1. The van der Waals surface area contributed by atoms with Gasteiger partial charge in [-0.15, -0.1) is 0 Å². The lowest BCUT2D eigenvalue weighted by Gasteiger charge is -2.20. The van der Waals surface area contributed by atoms with E-state index in [1.54, 1.807) is 11.8 Å². The van der Waals surface area contributed by atoms with Crippen LogP contribution >= 0.6 is 11.8 Å². The lowest BCUT2D eigenvalue weighted by molar-refractivity contribution is -0.123. The van der Waals surface area contributed by atoms with E-state index in [-0.39, 0.29) is 11.9 Å². The molecule has 1 aliphatic carbocycles. The zero-order valence-electron chi connectivity index (χ0n) is 9.66. The summed E-state index contributed by atoms with van der Waals surface area (Å²) >= 11 is 1.73. The van der Waals surface area contributed by atoms with E-state index in [0.717, 1.165) is 18.6 Å². The Morgan fingerprint density at radius 3 is 2.87 bits per heavy atom. The predicted octanol–water partition coefficient (Wildman–Crippen LogP) is 1.37. The van der Waals surface area contributed by atoms with E-state index in [4.69, 9.17) is 5.73 Å². The quantitative estimate of drug-likeness (QED) is 0.750. The summed E-state index contributed by atoms with van der Waals surface area (Å²) in [6, 6.07) is 0.0306. The molecule has 0 heterocycles. The van der Waals surface area contributed by atoms with Crippen molar-refractivity contribution in [1.82, 2.24) is 5.32 Å². The van der Waals surface area contributed by atoms with E-state index in [9.17, 15) is 4.79 Å². The molecule has 0 spiro atoms. The van der Waals surface area contributed by atoms with Crippen molar-refractivity contribution in [2.75, 3.05) is 12.0 Å². The first-order chi connectivity index (χ1) is 7.15. The van der Waals surface area contributed by atoms with Crippen LogP contribution in [0.5, 0.6) is 0 Å². The zero-order valence-corrected chi connectivity index (χ0v) is 10.5. The number of nitrogens with two attached hydrogens (primary N) is 1. The Hall–Kier alpha value is -0.220. The minimum absolute atomic E-state index is 0.0304. The molecule has 0 radical (unpaired) electrons. The van der Waals surface area contributed by atoms with E-state index >= 15 is 0 Å². The average Bonchev–Trinajstić information content (AvgIpc) is 2.61. The minimum atomic E-state index is -0.328. The van der Waals surface area contributed by atoms with Gasteiger partial charge in [0.05, 0.1) is 6.04 Å². The Labute approximate surface area is 96.6 Å². The highest BCUT2D eigenvalue weighted by Gasteiger charge is 2.26. The molecule has 15 heavy (non-hydrogen) atoms. The van der Waals surface area contributed by atoms with Crippen LogP contribution < -0.4 is 11.1 Å². The first-order valence-corrected chi connectivity index (χ1v) is 7.09. The molecule has 0 saturated heterocycles. The Balaban J connectivity index is 2.27. The fourth-order valence-corrected chi connectivity index (χ4v) is 2.52. The number of thioether (sulfide) groups is 1. The number of rotatable bonds is 5. The van der Waals surface area contributed by atoms with Crippen LogP contribution in [0.2, 0.25) is 0 Å². The van der Waals surface area contributed by atoms with Gasteiger partial charge in [0, 0.05) is 6.04 Å². The molecule has 0 aromatic heterocycles. The third-order valence-corrected chi connectivity index (χ3v) is 3.80. The molecule has 3 nitrogen and oxygen atoms in total. The Morgan fingerprint density at radius 1 is 1.60 bits per heavy atom. The second kappa shape index (κ2) is 6.38. The number of hydrogen-bond donors (Lipinski definition) is 2. The van der Waals surface area contributed by atoms with Crippen molar-refractivity contribution < 1.29 is 4.79 Å². The smallest absolute Gasteiger partial charge is 0.237 e. The van der Waals surface area contributed by atoms with E-state index in [0.29, 0.717) is 12.0 Å². The monoisotopic (exact) mass is 230 g/mol. The van der Waals surface area contributed by atoms with E-state index < -0.39 is 0 Å². The van der Waals surface area contributed by atoms with Crippen LogP contribution in [0.4, 0.5) is 0 Å². The second-order valence-corrected chi connectivity index (χ2v) is 5.40.